The first-order chi connectivity index (χ1) is 12.7. The average Bonchev–Trinajstić information content (AvgIpc) is 3.04. The number of benzene rings is 1. The van der Waals surface area contributed by atoms with Gasteiger partial charge in [0.25, 0.3) is 0 Å². The van der Waals surface area contributed by atoms with Crippen molar-refractivity contribution in [2.45, 2.75) is 37.6 Å². The molecule has 1 fully saturated rings. The summed E-state index contributed by atoms with van der Waals surface area (Å²) in [4.78, 5) is 26.1. The first-order valence-electron chi connectivity index (χ1n) is 8.65. The van der Waals surface area contributed by atoms with Gasteiger partial charge in [-0.25, -0.2) is 23.1 Å². The fraction of sp³-hybridized carbons (Fsp3) is 0.471. The van der Waals surface area contributed by atoms with Crippen molar-refractivity contribution in [2.24, 2.45) is 0 Å². The predicted octanol–water partition coefficient (Wildman–Crippen LogP) is 1.46. The number of likely N-dealkylation sites (tertiary alicyclic amines) is 1. The Balaban J connectivity index is 1.71. The number of aromatic amines is 1. The number of rotatable bonds is 3. The minimum Gasteiger partial charge on any atom is -0.324 e. The maximum Gasteiger partial charge on any atom is 0.343 e. The van der Waals surface area contributed by atoms with Gasteiger partial charge in [-0.15, -0.1) is 0 Å². The number of amides is 2. The molecule has 2 amide bonds. The lowest BCUT2D eigenvalue weighted by Gasteiger charge is -2.32. The van der Waals surface area contributed by atoms with Gasteiger partial charge >= 0.3 is 11.7 Å². The van der Waals surface area contributed by atoms with Crippen LogP contribution in [0.1, 0.15) is 30.0 Å². The molecule has 0 saturated carbocycles. The zero-order chi connectivity index (χ0) is 19.8. The average molecular weight is 393 g/mol. The number of aryl methyl sites for hydroxylation is 1. The van der Waals surface area contributed by atoms with Crippen LogP contribution in [0.4, 0.5) is 10.5 Å². The van der Waals surface area contributed by atoms with Gasteiger partial charge in [-0.3, -0.25) is 4.57 Å². The Kier molecular flexibility index (Phi) is 5.09. The third kappa shape index (κ3) is 4.05. The smallest absolute Gasteiger partial charge is 0.324 e. The number of H-pyrrole nitrogens is 1. The summed E-state index contributed by atoms with van der Waals surface area (Å²) in [5.41, 5.74) is 1.87. The third-order valence-electron chi connectivity index (χ3n) is 5.03. The van der Waals surface area contributed by atoms with Gasteiger partial charge in [0.15, 0.2) is 9.84 Å². The number of anilines is 1. The molecule has 0 spiro atoms. The highest BCUT2D eigenvalue weighted by Crippen LogP contribution is 2.26. The molecule has 146 valence electrons. The van der Waals surface area contributed by atoms with Crippen molar-refractivity contribution in [3.8, 4) is 0 Å². The van der Waals surface area contributed by atoms with Gasteiger partial charge in [0.05, 0.1) is 4.90 Å². The zero-order valence-electron chi connectivity index (χ0n) is 15.5. The number of hydrogen-bond acceptors (Lipinski definition) is 5. The van der Waals surface area contributed by atoms with Crippen LogP contribution in [0.3, 0.4) is 0 Å². The van der Waals surface area contributed by atoms with Crippen molar-refractivity contribution < 1.29 is 13.2 Å². The van der Waals surface area contributed by atoms with Crippen molar-refractivity contribution >= 4 is 21.6 Å². The van der Waals surface area contributed by atoms with Crippen LogP contribution in [0.2, 0.25) is 0 Å². The Morgan fingerprint density at radius 1 is 1.26 bits per heavy atom. The van der Waals surface area contributed by atoms with E-state index in [2.05, 4.69) is 15.5 Å². The number of carbonyl (C=O) groups is 1. The molecular weight excluding hydrogens is 370 g/mol. The molecule has 0 unspecified atom stereocenters. The van der Waals surface area contributed by atoms with Gasteiger partial charge < -0.3 is 10.2 Å². The van der Waals surface area contributed by atoms with Crippen LogP contribution in [0.5, 0.6) is 0 Å². The molecule has 10 heteroatoms. The molecule has 27 heavy (non-hydrogen) atoms. The summed E-state index contributed by atoms with van der Waals surface area (Å²) in [5.74, 6) is 0. The molecule has 2 aromatic rings. The van der Waals surface area contributed by atoms with E-state index < -0.39 is 9.84 Å². The maximum absolute atomic E-state index is 12.6. The Hall–Kier alpha value is -2.62. The molecule has 1 aliphatic heterocycles. The Morgan fingerprint density at radius 3 is 2.48 bits per heavy atom. The van der Waals surface area contributed by atoms with E-state index in [0.29, 0.717) is 31.6 Å². The summed E-state index contributed by atoms with van der Waals surface area (Å²) < 4.78 is 25.3. The minimum atomic E-state index is -3.37. The molecule has 1 aromatic heterocycles. The number of aromatic nitrogens is 3. The molecule has 0 radical (unpaired) electrons. The summed E-state index contributed by atoms with van der Waals surface area (Å²) in [6, 6.07) is 2.83. The Labute approximate surface area is 157 Å². The second-order valence-corrected chi connectivity index (χ2v) is 8.92. The third-order valence-corrected chi connectivity index (χ3v) is 6.12. The van der Waals surface area contributed by atoms with E-state index in [0.717, 1.165) is 17.4 Å². The van der Waals surface area contributed by atoms with Crippen LogP contribution in [0.15, 0.2) is 28.2 Å². The summed E-state index contributed by atoms with van der Waals surface area (Å²) in [6.45, 7) is 4.65. The van der Waals surface area contributed by atoms with Crippen LogP contribution in [0, 0.1) is 13.8 Å². The molecule has 0 aliphatic carbocycles. The van der Waals surface area contributed by atoms with E-state index in [4.69, 9.17) is 0 Å². The lowest BCUT2D eigenvalue weighted by molar-refractivity contribution is 0.183. The molecule has 1 aliphatic rings. The van der Waals surface area contributed by atoms with E-state index in [1.165, 1.54) is 12.4 Å². The van der Waals surface area contributed by atoms with E-state index in [1.54, 1.807) is 15.5 Å². The number of nitrogens with one attached hydrogen (secondary N) is 2. The predicted molar refractivity (Wildman–Crippen MR) is 101 cm³/mol. The minimum absolute atomic E-state index is 0.0119. The number of hydrogen-bond donors (Lipinski definition) is 2. The Morgan fingerprint density at radius 2 is 1.93 bits per heavy atom. The fourth-order valence-electron chi connectivity index (χ4n) is 3.23. The standard InChI is InChI=1S/C17H23N5O4S/c1-11-8-14(27(3,25)26)9-15(12(11)2)19-16(23)21-6-4-13(5-7-21)22-10-18-20-17(22)24/h8-10,13H,4-7H2,1-3H3,(H,19,23)(H,20,24). The monoisotopic (exact) mass is 393 g/mol. The van der Waals surface area contributed by atoms with Crippen LogP contribution in [0.25, 0.3) is 0 Å². The van der Waals surface area contributed by atoms with E-state index >= 15 is 0 Å². The number of nitrogens with zero attached hydrogens (tertiary/aromatic N) is 3. The molecular formula is C17H23N5O4S. The molecule has 0 bridgehead atoms. The highest BCUT2D eigenvalue weighted by molar-refractivity contribution is 7.90. The van der Waals surface area contributed by atoms with Crippen molar-refractivity contribution in [2.75, 3.05) is 24.7 Å². The number of piperidine rings is 1. The SMILES string of the molecule is Cc1cc(S(C)(=O)=O)cc(NC(=O)N2CCC(n3cn[nH]c3=O)CC2)c1C. The number of sulfone groups is 1. The first-order valence-corrected chi connectivity index (χ1v) is 10.5. The summed E-state index contributed by atoms with van der Waals surface area (Å²) in [5, 5.41) is 8.94. The number of carbonyl (C=O) groups excluding carboxylic acids is 1. The highest BCUT2D eigenvalue weighted by atomic mass is 32.2. The highest BCUT2D eigenvalue weighted by Gasteiger charge is 2.25. The Bertz CT molecular complexity index is 1020. The van der Waals surface area contributed by atoms with E-state index in [1.807, 2.05) is 13.8 Å². The van der Waals surface area contributed by atoms with Crippen LogP contribution < -0.4 is 11.0 Å². The van der Waals surface area contributed by atoms with E-state index in [-0.39, 0.29) is 22.7 Å². The first kappa shape index (κ1) is 19.2. The second kappa shape index (κ2) is 7.18. The molecule has 3 rings (SSSR count). The number of urea groups is 1. The molecule has 1 saturated heterocycles. The molecule has 0 atom stereocenters. The normalized spacial score (nSPS) is 15.7. The van der Waals surface area contributed by atoms with Crippen molar-refractivity contribution in [3.63, 3.8) is 0 Å². The topological polar surface area (TPSA) is 117 Å². The maximum atomic E-state index is 12.6. The quantitative estimate of drug-likeness (QED) is 0.819. The van der Waals surface area contributed by atoms with Gasteiger partial charge in [-0.1, -0.05) is 0 Å². The van der Waals surface area contributed by atoms with Crippen LogP contribution in [-0.2, 0) is 9.84 Å². The second-order valence-electron chi connectivity index (χ2n) is 6.90. The van der Waals surface area contributed by atoms with Gasteiger partial charge in [0.1, 0.15) is 6.33 Å². The van der Waals surface area contributed by atoms with Gasteiger partial charge in [-0.2, -0.15) is 5.10 Å². The largest absolute Gasteiger partial charge is 0.343 e. The summed E-state index contributed by atoms with van der Waals surface area (Å²) in [7, 11) is -3.37. The fourth-order valence-corrected chi connectivity index (χ4v) is 3.95. The van der Waals surface area contributed by atoms with Gasteiger partial charge in [0, 0.05) is 31.1 Å². The van der Waals surface area contributed by atoms with Gasteiger partial charge in [0.2, 0.25) is 0 Å². The van der Waals surface area contributed by atoms with E-state index in [9.17, 15) is 18.0 Å². The van der Waals surface area contributed by atoms with Crippen molar-refractivity contribution in [1.29, 1.82) is 0 Å². The van der Waals surface area contributed by atoms with Crippen molar-refractivity contribution in [3.05, 3.63) is 40.1 Å². The summed E-state index contributed by atoms with van der Waals surface area (Å²) >= 11 is 0. The van der Waals surface area contributed by atoms with Gasteiger partial charge in [-0.05, 0) is 49.9 Å². The van der Waals surface area contributed by atoms with Crippen LogP contribution >= 0.6 is 0 Å². The molecule has 2 heterocycles. The molecule has 2 N–H and O–H groups in total. The lowest BCUT2D eigenvalue weighted by atomic mass is 10.1. The molecule has 9 nitrogen and oxygen atoms in total. The lowest BCUT2D eigenvalue weighted by Crippen LogP contribution is -2.42. The van der Waals surface area contributed by atoms with Crippen molar-refractivity contribution in [1.82, 2.24) is 19.7 Å². The van der Waals surface area contributed by atoms with Crippen LogP contribution in [-0.4, -0.2) is 53.5 Å². The molecule has 1 aromatic carbocycles. The summed E-state index contributed by atoms with van der Waals surface area (Å²) in [6.07, 6.45) is 3.92. The zero-order valence-corrected chi connectivity index (χ0v) is 16.3.